The van der Waals surface area contributed by atoms with E-state index in [1.54, 1.807) is 12.1 Å². The quantitative estimate of drug-likeness (QED) is 0.901. The lowest BCUT2D eigenvalue weighted by Gasteiger charge is -2.05. The first-order chi connectivity index (χ1) is 8.61. The fourth-order valence-electron chi connectivity index (χ4n) is 1.47. The number of nitriles is 1. The molecular formula is C12H7ClFN3O. The highest BCUT2D eigenvalue weighted by molar-refractivity contribution is 6.31. The van der Waals surface area contributed by atoms with E-state index in [1.807, 2.05) is 0 Å². The molecule has 0 saturated carbocycles. The summed E-state index contributed by atoms with van der Waals surface area (Å²) in [5, 5.41) is 8.86. The van der Waals surface area contributed by atoms with E-state index in [1.165, 1.54) is 12.1 Å². The standard InChI is InChI=1S/C12H7ClFN3O/c13-9-2-1-3-10(14)8(9)4-11-16-6-7(5-15)12(18)17-11/h1-3,6H,4H2,(H,16,17,18). The molecule has 0 atom stereocenters. The Kier molecular flexibility index (Phi) is 3.40. The van der Waals surface area contributed by atoms with Crippen LogP contribution in [0.1, 0.15) is 17.0 Å². The van der Waals surface area contributed by atoms with Crippen molar-refractivity contribution in [2.45, 2.75) is 6.42 Å². The number of halogens is 2. The number of nitrogens with zero attached hydrogens (tertiary/aromatic N) is 2. The molecular weight excluding hydrogens is 257 g/mol. The minimum Gasteiger partial charge on any atom is -0.309 e. The maximum atomic E-state index is 13.5. The van der Waals surface area contributed by atoms with Crippen molar-refractivity contribution >= 4 is 11.6 Å². The third-order valence-electron chi connectivity index (χ3n) is 2.38. The van der Waals surface area contributed by atoms with E-state index in [2.05, 4.69) is 9.97 Å². The Hall–Kier alpha value is -2.19. The molecule has 0 aliphatic rings. The fraction of sp³-hybridized carbons (Fsp3) is 0.0833. The van der Waals surface area contributed by atoms with Crippen LogP contribution in [0, 0.1) is 17.1 Å². The molecule has 0 amide bonds. The molecule has 0 aliphatic heterocycles. The Morgan fingerprint density at radius 2 is 2.28 bits per heavy atom. The Bertz CT molecular complexity index is 670. The molecule has 1 aromatic heterocycles. The average molecular weight is 264 g/mol. The lowest BCUT2D eigenvalue weighted by atomic mass is 10.1. The number of nitrogens with one attached hydrogen (secondary N) is 1. The number of benzene rings is 1. The summed E-state index contributed by atoms with van der Waals surface area (Å²) in [5.41, 5.74) is -0.375. The molecule has 0 aliphatic carbocycles. The zero-order chi connectivity index (χ0) is 13.1. The van der Waals surface area contributed by atoms with Crippen LogP contribution >= 0.6 is 11.6 Å². The summed E-state index contributed by atoms with van der Waals surface area (Å²) < 4.78 is 13.5. The van der Waals surface area contributed by atoms with Crippen molar-refractivity contribution in [2.75, 3.05) is 0 Å². The summed E-state index contributed by atoms with van der Waals surface area (Å²) in [5.74, 6) is -0.208. The molecule has 1 N–H and O–H groups in total. The van der Waals surface area contributed by atoms with Gasteiger partial charge in [0, 0.05) is 17.0 Å². The third kappa shape index (κ3) is 2.39. The SMILES string of the molecule is N#Cc1cnc(Cc2c(F)cccc2Cl)[nH]c1=O. The zero-order valence-corrected chi connectivity index (χ0v) is 9.83. The van der Waals surface area contributed by atoms with Gasteiger partial charge in [-0.05, 0) is 12.1 Å². The molecule has 1 aromatic carbocycles. The number of aromatic nitrogens is 2. The summed E-state index contributed by atoms with van der Waals surface area (Å²) in [6.07, 6.45) is 1.22. The minimum absolute atomic E-state index is 0.0620. The smallest absolute Gasteiger partial charge is 0.268 e. The maximum Gasteiger partial charge on any atom is 0.268 e. The third-order valence-corrected chi connectivity index (χ3v) is 2.73. The number of aromatic amines is 1. The minimum atomic E-state index is -0.546. The first-order valence-corrected chi connectivity index (χ1v) is 5.41. The van der Waals surface area contributed by atoms with Crippen LogP contribution in [0.25, 0.3) is 0 Å². The average Bonchev–Trinajstić information content (AvgIpc) is 2.34. The van der Waals surface area contributed by atoms with Crippen LogP contribution in [0.4, 0.5) is 4.39 Å². The predicted octanol–water partition coefficient (Wildman–Crippen LogP) is 2.02. The van der Waals surface area contributed by atoms with Crippen molar-refractivity contribution < 1.29 is 4.39 Å². The van der Waals surface area contributed by atoms with Crippen LogP contribution < -0.4 is 5.56 Å². The zero-order valence-electron chi connectivity index (χ0n) is 9.08. The van der Waals surface area contributed by atoms with Crippen molar-refractivity contribution in [2.24, 2.45) is 0 Å². The van der Waals surface area contributed by atoms with Crippen molar-refractivity contribution in [1.82, 2.24) is 9.97 Å². The number of hydrogen-bond acceptors (Lipinski definition) is 3. The topological polar surface area (TPSA) is 69.5 Å². The lowest BCUT2D eigenvalue weighted by molar-refractivity contribution is 0.612. The van der Waals surface area contributed by atoms with Crippen molar-refractivity contribution in [3.63, 3.8) is 0 Å². The predicted molar refractivity (Wildman–Crippen MR) is 63.8 cm³/mol. The molecule has 0 saturated heterocycles. The van der Waals surface area contributed by atoms with Gasteiger partial charge < -0.3 is 4.98 Å². The van der Waals surface area contributed by atoms with Crippen LogP contribution in [0.15, 0.2) is 29.2 Å². The van der Waals surface area contributed by atoms with Gasteiger partial charge in [0.15, 0.2) is 0 Å². The van der Waals surface area contributed by atoms with E-state index in [0.29, 0.717) is 0 Å². The molecule has 2 rings (SSSR count). The number of H-pyrrole nitrogens is 1. The second-order valence-electron chi connectivity index (χ2n) is 3.56. The van der Waals surface area contributed by atoms with E-state index in [-0.39, 0.29) is 28.4 Å². The Labute approximate surface area is 107 Å². The van der Waals surface area contributed by atoms with Gasteiger partial charge in [-0.3, -0.25) is 4.79 Å². The monoisotopic (exact) mass is 263 g/mol. The highest BCUT2D eigenvalue weighted by Gasteiger charge is 2.10. The molecule has 1 heterocycles. The normalized spacial score (nSPS) is 10.1. The Balaban J connectivity index is 2.39. The molecule has 90 valence electrons. The molecule has 0 spiro atoms. The first kappa shape index (κ1) is 12.3. The summed E-state index contributed by atoms with van der Waals surface area (Å²) in [6.45, 7) is 0. The molecule has 0 unspecified atom stereocenters. The summed E-state index contributed by atoms with van der Waals surface area (Å²) >= 11 is 5.87. The Morgan fingerprint density at radius 1 is 1.50 bits per heavy atom. The van der Waals surface area contributed by atoms with Gasteiger partial charge in [-0.25, -0.2) is 9.37 Å². The van der Waals surface area contributed by atoms with E-state index in [0.717, 1.165) is 6.20 Å². The molecule has 6 heteroatoms. The molecule has 0 fully saturated rings. The first-order valence-electron chi connectivity index (χ1n) is 5.03. The fourth-order valence-corrected chi connectivity index (χ4v) is 1.70. The number of hydrogen-bond donors (Lipinski definition) is 1. The van der Waals surface area contributed by atoms with Gasteiger partial charge in [0.05, 0.1) is 6.20 Å². The van der Waals surface area contributed by atoms with Crippen molar-refractivity contribution in [3.8, 4) is 6.07 Å². The van der Waals surface area contributed by atoms with E-state index >= 15 is 0 Å². The van der Waals surface area contributed by atoms with Crippen LogP contribution in [0.2, 0.25) is 5.02 Å². The van der Waals surface area contributed by atoms with Gasteiger partial charge in [-0.15, -0.1) is 0 Å². The van der Waals surface area contributed by atoms with Gasteiger partial charge in [-0.2, -0.15) is 5.26 Å². The van der Waals surface area contributed by atoms with Crippen LogP contribution in [0.5, 0.6) is 0 Å². The van der Waals surface area contributed by atoms with E-state index < -0.39 is 11.4 Å². The lowest BCUT2D eigenvalue weighted by Crippen LogP contribution is -2.14. The highest BCUT2D eigenvalue weighted by atomic mass is 35.5. The summed E-state index contributed by atoms with van der Waals surface area (Å²) in [6, 6.07) is 6.04. The molecule has 0 radical (unpaired) electrons. The van der Waals surface area contributed by atoms with Gasteiger partial charge in [0.2, 0.25) is 0 Å². The van der Waals surface area contributed by atoms with Crippen LogP contribution in [0.3, 0.4) is 0 Å². The van der Waals surface area contributed by atoms with Gasteiger partial charge in [0.25, 0.3) is 5.56 Å². The van der Waals surface area contributed by atoms with Crippen molar-refractivity contribution in [1.29, 1.82) is 5.26 Å². The molecule has 2 aromatic rings. The van der Waals surface area contributed by atoms with Gasteiger partial charge >= 0.3 is 0 Å². The maximum absolute atomic E-state index is 13.5. The van der Waals surface area contributed by atoms with Gasteiger partial charge in [-0.1, -0.05) is 17.7 Å². The Morgan fingerprint density at radius 3 is 2.89 bits per heavy atom. The van der Waals surface area contributed by atoms with Crippen molar-refractivity contribution in [3.05, 3.63) is 62.5 Å². The second-order valence-corrected chi connectivity index (χ2v) is 3.97. The molecule has 4 nitrogen and oxygen atoms in total. The van der Waals surface area contributed by atoms with Gasteiger partial charge in [0.1, 0.15) is 23.3 Å². The van der Waals surface area contributed by atoms with E-state index in [4.69, 9.17) is 16.9 Å². The van der Waals surface area contributed by atoms with E-state index in [9.17, 15) is 9.18 Å². The summed E-state index contributed by atoms with van der Waals surface area (Å²) in [4.78, 5) is 17.7. The van der Waals surface area contributed by atoms with Crippen LogP contribution in [-0.4, -0.2) is 9.97 Å². The largest absolute Gasteiger partial charge is 0.309 e. The highest BCUT2D eigenvalue weighted by Crippen LogP contribution is 2.20. The second kappa shape index (κ2) is 4.98. The molecule has 18 heavy (non-hydrogen) atoms. The van der Waals surface area contributed by atoms with Crippen LogP contribution in [-0.2, 0) is 6.42 Å². The summed E-state index contributed by atoms with van der Waals surface area (Å²) in [7, 11) is 0. The number of rotatable bonds is 2. The molecule has 0 bridgehead atoms.